The van der Waals surface area contributed by atoms with Gasteiger partial charge in [0, 0.05) is 27.2 Å². The number of rotatable bonds is 7. The quantitative estimate of drug-likeness (QED) is 0.840. The van der Waals surface area contributed by atoms with Gasteiger partial charge in [-0.1, -0.05) is 43.7 Å². The van der Waals surface area contributed by atoms with E-state index in [9.17, 15) is 9.59 Å². The molecule has 0 aliphatic carbocycles. The van der Waals surface area contributed by atoms with Crippen molar-refractivity contribution >= 4 is 11.9 Å². The molecule has 1 aromatic rings. The predicted octanol–water partition coefficient (Wildman–Crippen LogP) is 3.04. The molecular weight excluding hydrogens is 290 g/mol. The molecule has 128 valence electrons. The summed E-state index contributed by atoms with van der Waals surface area (Å²) in [5, 5.41) is 3.00. The molecule has 5 heteroatoms. The Labute approximate surface area is 139 Å². The highest BCUT2D eigenvalue weighted by Crippen LogP contribution is 2.18. The van der Waals surface area contributed by atoms with Crippen LogP contribution in [0.4, 0.5) is 4.79 Å². The first-order valence-corrected chi connectivity index (χ1v) is 8.15. The van der Waals surface area contributed by atoms with Gasteiger partial charge < -0.3 is 15.1 Å². The van der Waals surface area contributed by atoms with Crippen molar-refractivity contribution in [3.05, 3.63) is 35.9 Å². The molecule has 0 spiro atoms. The molecule has 0 aliphatic heterocycles. The summed E-state index contributed by atoms with van der Waals surface area (Å²) in [5.74, 6) is -0.0107. The van der Waals surface area contributed by atoms with Crippen molar-refractivity contribution < 1.29 is 9.59 Å². The molecule has 0 saturated carbocycles. The minimum atomic E-state index is -0.324. The highest BCUT2D eigenvalue weighted by molar-refractivity contribution is 5.79. The highest BCUT2D eigenvalue weighted by Gasteiger charge is 2.22. The second-order valence-electron chi connectivity index (χ2n) is 6.15. The average molecular weight is 319 g/mol. The smallest absolute Gasteiger partial charge is 0.317 e. The molecule has 0 aromatic heterocycles. The Bertz CT molecular complexity index is 502. The fourth-order valence-electron chi connectivity index (χ4n) is 2.36. The van der Waals surface area contributed by atoms with Crippen LogP contribution in [0.25, 0.3) is 0 Å². The summed E-state index contributed by atoms with van der Waals surface area (Å²) in [7, 11) is 5.24. The zero-order valence-corrected chi connectivity index (χ0v) is 14.9. The van der Waals surface area contributed by atoms with E-state index in [0.29, 0.717) is 0 Å². The molecule has 0 bridgehead atoms. The number of amides is 3. The first-order chi connectivity index (χ1) is 10.9. The largest absolute Gasteiger partial charge is 0.349 e. The predicted molar refractivity (Wildman–Crippen MR) is 93.2 cm³/mol. The van der Waals surface area contributed by atoms with Gasteiger partial charge in [-0.05, 0) is 18.9 Å². The van der Waals surface area contributed by atoms with E-state index >= 15 is 0 Å². The lowest BCUT2D eigenvalue weighted by atomic mass is 10.0. The number of nitrogens with zero attached hydrogens (tertiary/aromatic N) is 2. The Balaban J connectivity index is 2.84. The number of hydrogen-bond donors (Lipinski definition) is 1. The van der Waals surface area contributed by atoms with E-state index in [0.717, 1.165) is 18.4 Å². The lowest BCUT2D eigenvalue weighted by Crippen LogP contribution is -2.44. The summed E-state index contributed by atoms with van der Waals surface area (Å²) in [4.78, 5) is 27.8. The second kappa shape index (κ2) is 9.18. The van der Waals surface area contributed by atoms with Gasteiger partial charge in [-0.2, -0.15) is 0 Å². The molecule has 0 aliphatic rings. The highest BCUT2D eigenvalue weighted by atomic mass is 16.2. The standard InChI is InChI=1S/C18H29N3O2/c1-6-10-14(2)21(5)18(23)19-16(13-17(22)20(3)4)15-11-8-7-9-12-15/h7-9,11-12,14,16H,6,10,13H2,1-5H3,(H,19,23)/t14-,16+/m1/s1. The summed E-state index contributed by atoms with van der Waals surface area (Å²) in [5.41, 5.74) is 0.938. The van der Waals surface area contributed by atoms with Crippen LogP contribution in [0.1, 0.15) is 44.7 Å². The maximum atomic E-state index is 12.5. The van der Waals surface area contributed by atoms with Crippen LogP contribution in [0.5, 0.6) is 0 Å². The number of hydrogen-bond acceptors (Lipinski definition) is 2. The van der Waals surface area contributed by atoms with Crippen molar-refractivity contribution in [2.45, 2.75) is 45.2 Å². The van der Waals surface area contributed by atoms with E-state index in [4.69, 9.17) is 0 Å². The molecular formula is C18H29N3O2. The van der Waals surface area contributed by atoms with Crippen LogP contribution in [0.15, 0.2) is 30.3 Å². The second-order valence-corrected chi connectivity index (χ2v) is 6.15. The minimum absolute atomic E-state index is 0.0107. The third kappa shape index (κ3) is 5.93. The van der Waals surface area contributed by atoms with Gasteiger partial charge in [-0.3, -0.25) is 4.79 Å². The normalized spacial score (nSPS) is 13.1. The lowest BCUT2D eigenvalue weighted by molar-refractivity contribution is -0.129. The van der Waals surface area contributed by atoms with E-state index in [1.165, 1.54) is 0 Å². The number of urea groups is 1. The van der Waals surface area contributed by atoms with Crippen LogP contribution < -0.4 is 5.32 Å². The first-order valence-electron chi connectivity index (χ1n) is 8.15. The molecule has 5 nitrogen and oxygen atoms in total. The van der Waals surface area contributed by atoms with Crippen molar-refractivity contribution in [2.75, 3.05) is 21.1 Å². The number of nitrogens with one attached hydrogen (secondary N) is 1. The molecule has 1 aromatic carbocycles. The molecule has 0 unspecified atom stereocenters. The lowest BCUT2D eigenvalue weighted by Gasteiger charge is -2.28. The van der Waals surface area contributed by atoms with Gasteiger partial charge in [0.15, 0.2) is 0 Å². The maximum absolute atomic E-state index is 12.5. The average Bonchev–Trinajstić information content (AvgIpc) is 2.54. The van der Waals surface area contributed by atoms with E-state index in [-0.39, 0.29) is 30.4 Å². The van der Waals surface area contributed by atoms with Crippen LogP contribution in [-0.2, 0) is 4.79 Å². The van der Waals surface area contributed by atoms with Gasteiger partial charge in [0.05, 0.1) is 12.5 Å². The van der Waals surface area contributed by atoms with Gasteiger partial charge >= 0.3 is 6.03 Å². The molecule has 1 rings (SSSR count). The maximum Gasteiger partial charge on any atom is 0.317 e. The van der Waals surface area contributed by atoms with E-state index < -0.39 is 0 Å². The zero-order valence-electron chi connectivity index (χ0n) is 14.9. The van der Waals surface area contributed by atoms with Crippen molar-refractivity contribution in [2.24, 2.45) is 0 Å². The zero-order chi connectivity index (χ0) is 17.4. The summed E-state index contributed by atoms with van der Waals surface area (Å²) < 4.78 is 0. The Morgan fingerprint density at radius 1 is 1.13 bits per heavy atom. The van der Waals surface area contributed by atoms with Crippen LogP contribution in [0.3, 0.4) is 0 Å². The Morgan fingerprint density at radius 2 is 1.74 bits per heavy atom. The fourth-order valence-corrected chi connectivity index (χ4v) is 2.36. The number of carbonyl (C=O) groups is 2. The number of carbonyl (C=O) groups excluding carboxylic acids is 2. The molecule has 3 amide bonds. The van der Waals surface area contributed by atoms with Crippen LogP contribution >= 0.6 is 0 Å². The van der Waals surface area contributed by atoms with Crippen LogP contribution in [0.2, 0.25) is 0 Å². The first kappa shape index (κ1) is 19.0. The SMILES string of the molecule is CCC[C@@H](C)N(C)C(=O)N[C@@H](CC(=O)N(C)C)c1ccccc1. The third-order valence-corrected chi connectivity index (χ3v) is 4.07. The topological polar surface area (TPSA) is 52.7 Å². The molecule has 1 N–H and O–H groups in total. The summed E-state index contributed by atoms with van der Waals surface area (Å²) in [6.45, 7) is 4.14. The molecule has 0 fully saturated rings. The van der Waals surface area contributed by atoms with Crippen molar-refractivity contribution in [3.63, 3.8) is 0 Å². The van der Waals surface area contributed by atoms with Gasteiger partial charge in [0.2, 0.25) is 5.91 Å². The van der Waals surface area contributed by atoms with Gasteiger partial charge in [-0.25, -0.2) is 4.79 Å². The van der Waals surface area contributed by atoms with Gasteiger partial charge in [0.1, 0.15) is 0 Å². The van der Waals surface area contributed by atoms with Gasteiger partial charge in [0.25, 0.3) is 0 Å². The summed E-state index contributed by atoms with van der Waals surface area (Å²) in [6.07, 6.45) is 2.23. The van der Waals surface area contributed by atoms with Crippen molar-refractivity contribution in [1.29, 1.82) is 0 Å². The van der Waals surface area contributed by atoms with E-state index in [1.807, 2.05) is 37.3 Å². The van der Waals surface area contributed by atoms with Crippen LogP contribution in [-0.4, -0.2) is 48.9 Å². The van der Waals surface area contributed by atoms with E-state index in [2.05, 4.69) is 12.2 Å². The molecule has 2 atom stereocenters. The monoisotopic (exact) mass is 319 g/mol. The van der Waals surface area contributed by atoms with Crippen molar-refractivity contribution in [1.82, 2.24) is 15.1 Å². The number of benzene rings is 1. The fraction of sp³-hybridized carbons (Fsp3) is 0.556. The Hall–Kier alpha value is -2.04. The summed E-state index contributed by atoms with van der Waals surface area (Å²) in [6, 6.07) is 9.32. The van der Waals surface area contributed by atoms with Gasteiger partial charge in [-0.15, -0.1) is 0 Å². The Morgan fingerprint density at radius 3 is 2.26 bits per heavy atom. The molecule has 0 heterocycles. The Kier molecular flexibility index (Phi) is 7.59. The molecule has 0 radical (unpaired) electrons. The van der Waals surface area contributed by atoms with Crippen LogP contribution in [0, 0.1) is 0 Å². The van der Waals surface area contributed by atoms with E-state index in [1.54, 1.807) is 30.9 Å². The molecule has 23 heavy (non-hydrogen) atoms. The summed E-state index contributed by atoms with van der Waals surface area (Å²) >= 11 is 0. The third-order valence-electron chi connectivity index (χ3n) is 4.07. The molecule has 0 saturated heterocycles. The van der Waals surface area contributed by atoms with Crippen molar-refractivity contribution in [3.8, 4) is 0 Å². The minimum Gasteiger partial charge on any atom is -0.349 e.